The molecule has 2 aromatic carbocycles. The summed E-state index contributed by atoms with van der Waals surface area (Å²) in [4.78, 5) is 47.5. The predicted octanol–water partition coefficient (Wildman–Crippen LogP) is 1.39. The van der Waals surface area contributed by atoms with Crippen molar-refractivity contribution in [1.82, 2.24) is 5.32 Å². The molecule has 146 valence electrons. The molecular weight excluding hydrogens is 384 g/mol. The van der Waals surface area contributed by atoms with Gasteiger partial charge in [0.15, 0.2) is 6.61 Å². The van der Waals surface area contributed by atoms with Crippen LogP contribution in [0.15, 0.2) is 53.4 Å². The Morgan fingerprint density at radius 2 is 1.71 bits per heavy atom. The van der Waals surface area contributed by atoms with Crippen molar-refractivity contribution in [1.29, 1.82) is 0 Å². The van der Waals surface area contributed by atoms with E-state index in [1.807, 2.05) is 0 Å². The number of ether oxygens (including phenoxy) is 2. The Hall–Kier alpha value is -3.33. The normalized spacial score (nSPS) is 10.0. The van der Waals surface area contributed by atoms with Crippen LogP contribution >= 0.6 is 11.8 Å². The number of primary amides is 1. The standard InChI is InChI=1S/C19H18N2O6S/c1-26-13-8-6-12(7-9-13)18(24)21-17(23)10-27-19(25)14-4-2-3-5-15(14)28-11-16(20)22/h2-9H,10-11H2,1H3,(H2,20,22)(H,21,23,24). The molecule has 0 radical (unpaired) electrons. The number of rotatable bonds is 8. The smallest absolute Gasteiger partial charge is 0.339 e. The summed E-state index contributed by atoms with van der Waals surface area (Å²) in [5.74, 6) is -2.09. The summed E-state index contributed by atoms with van der Waals surface area (Å²) in [5.41, 5.74) is 5.56. The minimum absolute atomic E-state index is 0.00113. The van der Waals surface area contributed by atoms with E-state index in [2.05, 4.69) is 5.32 Å². The second kappa shape index (κ2) is 10.1. The van der Waals surface area contributed by atoms with Crippen LogP contribution in [0.4, 0.5) is 0 Å². The summed E-state index contributed by atoms with van der Waals surface area (Å²) in [5, 5.41) is 2.13. The van der Waals surface area contributed by atoms with Gasteiger partial charge in [-0.15, -0.1) is 11.8 Å². The lowest BCUT2D eigenvalue weighted by molar-refractivity contribution is -0.123. The number of methoxy groups -OCH3 is 1. The molecule has 2 rings (SSSR count). The minimum Gasteiger partial charge on any atom is -0.497 e. The summed E-state index contributed by atoms with van der Waals surface area (Å²) in [6.07, 6.45) is 0. The van der Waals surface area contributed by atoms with Gasteiger partial charge in [0.25, 0.3) is 11.8 Å². The first-order valence-electron chi connectivity index (χ1n) is 8.06. The van der Waals surface area contributed by atoms with E-state index in [0.717, 1.165) is 11.8 Å². The topological polar surface area (TPSA) is 125 Å². The van der Waals surface area contributed by atoms with Crippen molar-refractivity contribution in [2.24, 2.45) is 5.73 Å². The number of amides is 3. The van der Waals surface area contributed by atoms with Crippen LogP contribution in [0.2, 0.25) is 0 Å². The van der Waals surface area contributed by atoms with Gasteiger partial charge in [0.2, 0.25) is 5.91 Å². The van der Waals surface area contributed by atoms with Crippen LogP contribution in [-0.4, -0.2) is 43.2 Å². The van der Waals surface area contributed by atoms with Crippen LogP contribution < -0.4 is 15.8 Å². The Labute approximate surface area is 165 Å². The third-order valence-corrected chi connectivity index (χ3v) is 4.51. The fraction of sp³-hybridized carbons (Fsp3) is 0.158. The van der Waals surface area contributed by atoms with Crippen LogP contribution in [0.5, 0.6) is 5.75 Å². The van der Waals surface area contributed by atoms with E-state index < -0.39 is 30.3 Å². The summed E-state index contributed by atoms with van der Waals surface area (Å²) in [7, 11) is 1.50. The van der Waals surface area contributed by atoms with E-state index in [4.69, 9.17) is 15.2 Å². The fourth-order valence-corrected chi connectivity index (χ4v) is 2.88. The second-order valence-electron chi connectivity index (χ2n) is 5.43. The van der Waals surface area contributed by atoms with Crippen LogP contribution in [0.1, 0.15) is 20.7 Å². The Balaban J connectivity index is 1.90. The number of imide groups is 1. The molecule has 0 aliphatic heterocycles. The van der Waals surface area contributed by atoms with Crippen molar-refractivity contribution in [3.63, 3.8) is 0 Å². The summed E-state index contributed by atoms with van der Waals surface area (Å²) in [6, 6.07) is 12.6. The highest BCUT2D eigenvalue weighted by Gasteiger charge is 2.16. The zero-order chi connectivity index (χ0) is 20.5. The number of hydrogen-bond acceptors (Lipinski definition) is 7. The maximum Gasteiger partial charge on any atom is 0.339 e. The molecule has 0 aliphatic carbocycles. The number of carbonyl (C=O) groups excluding carboxylic acids is 4. The van der Waals surface area contributed by atoms with Crippen LogP contribution in [0.3, 0.4) is 0 Å². The maximum absolute atomic E-state index is 12.2. The Morgan fingerprint density at radius 3 is 2.36 bits per heavy atom. The molecule has 2 aromatic rings. The number of thioether (sulfide) groups is 1. The molecule has 0 heterocycles. The molecule has 9 heteroatoms. The lowest BCUT2D eigenvalue weighted by atomic mass is 10.2. The van der Waals surface area contributed by atoms with Crippen LogP contribution in [0.25, 0.3) is 0 Å². The summed E-state index contributed by atoms with van der Waals surface area (Å²) < 4.78 is 9.95. The molecular formula is C19H18N2O6S. The molecule has 0 aromatic heterocycles. The van der Waals surface area contributed by atoms with Gasteiger partial charge >= 0.3 is 5.97 Å². The van der Waals surface area contributed by atoms with Crippen molar-refractivity contribution >= 4 is 35.5 Å². The van der Waals surface area contributed by atoms with E-state index in [1.54, 1.807) is 30.3 Å². The van der Waals surface area contributed by atoms with Gasteiger partial charge < -0.3 is 15.2 Å². The quantitative estimate of drug-likeness (QED) is 0.505. The first kappa shape index (κ1) is 21.0. The van der Waals surface area contributed by atoms with Gasteiger partial charge in [-0.2, -0.15) is 0 Å². The fourth-order valence-electron chi connectivity index (χ4n) is 2.10. The molecule has 0 aliphatic rings. The van der Waals surface area contributed by atoms with Crippen molar-refractivity contribution < 1.29 is 28.7 Å². The van der Waals surface area contributed by atoms with Gasteiger partial charge in [0.1, 0.15) is 5.75 Å². The van der Waals surface area contributed by atoms with E-state index >= 15 is 0 Å². The summed E-state index contributed by atoms with van der Waals surface area (Å²) >= 11 is 1.09. The molecule has 0 atom stereocenters. The third kappa shape index (κ3) is 6.13. The third-order valence-electron chi connectivity index (χ3n) is 3.42. The molecule has 0 bridgehead atoms. The predicted molar refractivity (Wildman–Crippen MR) is 102 cm³/mol. The first-order valence-corrected chi connectivity index (χ1v) is 9.04. The molecule has 0 saturated carbocycles. The minimum atomic E-state index is -0.767. The van der Waals surface area contributed by atoms with Crippen molar-refractivity contribution in [3.05, 3.63) is 59.7 Å². The Bertz CT molecular complexity index is 882. The highest BCUT2D eigenvalue weighted by Crippen LogP contribution is 2.23. The lowest BCUT2D eigenvalue weighted by Crippen LogP contribution is -2.34. The molecule has 3 N–H and O–H groups in total. The van der Waals surface area contributed by atoms with Crippen molar-refractivity contribution in [3.8, 4) is 5.75 Å². The van der Waals surface area contributed by atoms with Gasteiger partial charge in [0.05, 0.1) is 18.4 Å². The number of benzene rings is 2. The van der Waals surface area contributed by atoms with E-state index in [1.165, 1.54) is 25.3 Å². The van der Waals surface area contributed by atoms with Crippen LogP contribution in [-0.2, 0) is 14.3 Å². The monoisotopic (exact) mass is 402 g/mol. The van der Waals surface area contributed by atoms with E-state index in [9.17, 15) is 19.2 Å². The number of nitrogens with one attached hydrogen (secondary N) is 1. The second-order valence-corrected chi connectivity index (χ2v) is 6.45. The largest absolute Gasteiger partial charge is 0.497 e. The van der Waals surface area contributed by atoms with Crippen molar-refractivity contribution in [2.45, 2.75) is 4.90 Å². The zero-order valence-corrected chi connectivity index (χ0v) is 15.8. The zero-order valence-electron chi connectivity index (χ0n) is 15.0. The molecule has 3 amide bonds. The SMILES string of the molecule is COc1ccc(C(=O)NC(=O)COC(=O)c2ccccc2SCC(N)=O)cc1. The van der Waals surface area contributed by atoms with Gasteiger partial charge in [0, 0.05) is 10.5 Å². The molecule has 0 spiro atoms. The number of hydrogen-bond donors (Lipinski definition) is 2. The lowest BCUT2D eigenvalue weighted by Gasteiger charge is -2.09. The molecule has 8 nitrogen and oxygen atoms in total. The van der Waals surface area contributed by atoms with Gasteiger partial charge in [-0.05, 0) is 36.4 Å². The highest BCUT2D eigenvalue weighted by molar-refractivity contribution is 8.00. The van der Waals surface area contributed by atoms with Crippen LogP contribution in [0, 0.1) is 0 Å². The van der Waals surface area contributed by atoms with Gasteiger partial charge in [-0.25, -0.2) is 4.79 Å². The molecule has 28 heavy (non-hydrogen) atoms. The Kier molecular flexibility index (Phi) is 7.58. The molecule has 0 unspecified atom stereocenters. The highest BCUT2D eigenvalue weighted by atomic mass is 32.2. The number of esters is 1. The van der Waals surface area contributed by atoms with E-state index in [-0.39, 0.29) is 16.9 Å². The summed E-state index contributed by atoms with van der Waals surface area (Å²) in [6.45, 7) is -0.629. The number of carbonyl (C=O) groups is 4. The van der Waals surface area contributed by atoms with Gasteiger partial charge in [-0.3, -0.25) is 19.7 Å². The van der Waals surface area contributed by atoms with Crippen molar-refractivity contribution in [2.75, 3.05) is 19.5 Å². The number of nitrogens with two attached hydrogens (primary N) is 1. The van der Waals surface area contributed by atoms with E-state index in [0.29, 0.717) is 10.6 Å². The maximum atomic E-state index is 12.2. The molecule has 0 saturated heterocycles. The first-order chi connectivity index (χ1) is 13.4. The average molecular weight is 402 g/mol. The average Bonchev–Trinajstić information content (AvgIpc) is 2.70. The Morgan fingerprint density at radius 1 is 1.04 bits per heavy atom. The van der Waals surface area contributed by atoms with Gasteiger partial charge in [-0.1, -0.05) is 12.1 Å². The molecule has 0 fully saturated rings.